The predicted octanol–water partition coefficient (Wildman–Crippen LogP) is 5.86. The zero-order chi connectivity index (χ0) is 15.8. The Morgan fingerprint density at radius 2 is 1.77 bits per heavy atom. The summed E-state index contributed by atoms with van der Waals surface area (Å²) < 4.78 is 1.31. The van der Waals surface area contributed by atoms with Gasteiger partial charge in [0.25, 0.3) is 0 Å². The molecule has 1 aromatic carbocycles. The summed E-state index contributed by atoms with van der Waals surface area (Å²) in [7, 11) is 0. The van der Waals surface area contributed by atoms with Crippen LogP contribution in [-0.2, 0) is 6.42 Å². The molecule has 1 aromatic heterocycles. The molecule has 2 heteroatoms. The van der Waals surface area contributed by atoms with Gasteiger partial charge in [-0.1, -0.05) is 43.9 Å². The molecule has 0 bridgehead atoms. The van der Waals surface area contributed by atoms with Crippen LogP contribution in [0.4, 0.5) is 0 Å². The first kappa shape index (κ1) is 17.1. The zero-order valence-electron chi connectivity index (χ0n) is 12.8. The van der Waals surface area contributed by atoms with Crippen LogP contribution in [-0.4, -0.2) is 0 Å². The molecule has 0 saturated carbocycles. The van der Waals surface area contributed by atoms with Crippen LogP contribution >= 0.6 is 33.9 Å². The van der Waals surface area contributed by atoms with E-state index < -0.39 is 0 Å². The molecule has 0 aliphatic carbocycles. The van der Waals surface area contributed by atoms with Gasteiger partial charge in [-0.25, -0.2) is 0 Å². The number of benzene rings is 1. The molecule has 0 fully saturated rings. The number of terminal acetylenes is 1. The van der Waals surface area contributed by atoms with Crippen LogP contribution in [0.15, 0.2) is 30.3 Å². The van der Waals surface area contributed by atoms with Gasteiger partial charge in [0.05, 0.1) is 7.76 Å². The Morgan fingerprint density at radius 1 is 1.05 bits per heavy atom. The molecule has 112 valence electrons. The first-order valence-corrected chi connectivity index (χ1v) is 9.49. The third-order valence-corrected chi connectivity index (χ3v) is 5.30. The molecule has 1 heterocycles. The number of aryl methyl sites for hydroxylation is 1. The van der Waals surface area contributed by atoms with Crippen molar-refractivity contribution in [2.75, 3.05) is 0 Å². The summed E-state index contributed by atoms with van der Waals surface area (Å²) in [6.07, 6.45) is 11.7. The Bertz CT molecular complexity index is 705. The van der Waals surface area contributed by atoms with E-state index in [1.807, 2.05) is 24.3 Å². The average molecular weight is 418 g/mol. The summed E-state index contributed by atoms with van der Waals surface area (Å²) in [5.41, 5.74) is 3.31. The molecule has 0 spiro atoms. The van der Waals surface area contributed by atoms with E-state index in [0.717, 1.165) is 17.5 Å². The Hall–Kier alpha value is -1.23. The molecule has 0 atom stereocenters. The van der Waals surface area contributed by atoms with Crippen LogP contribution in [0.1, 0.15) is 54.2 Å². The SMILES string of the molecule is C#Cc1ccc(C#Cc2sc(I)cc2CCCCCC)cc1. The summed E-state index contributed by atoms with van der Waals surface area (Å²) in [5.74, 6) is 9.22. The minimum absolute atomic E-state index is 0.896. The van der Waals surface area contributed by atoms with Gasteiger partial charge in [-0.3, -0.25) is 0 Å². The van der Waals surface area contributed by atoms with Crippen LogP contribution in [0.5, 0.6) is 0 Å². The fourth-order valence-electron chi connectivity index (χ4n) is 2.21. The third kappa shape index (κ3) is 5.20. The van der Waals surface area contributed by atoms with Crippen LogP contribution < -0.4 is 0 Å². The highest BCUT2D eigenvalue weighted by Gasteiger charge is 2.05. The average Bonchev–Trinajstić information content (AvgIpc) is 2.90. The number of halogens is 1. The van der Waals surface area contributed by atoms with Crippen LogP contribution in [0, 0.1) is 27.1 Å². The molecule has 0 amide bonds. The number of hydrogen-bond donors (Lipinski definition) is 0. The second-order valence-electron chi connectivity index (χ2n) is 5.19. The van der Waals surface area contributed by atoms with Gasteiger partial charge in [-0.15, -0.1) is 17.8 Å². The lowest BCUT2D eigenvalue weighted by molar-refractivity contribution is 0.667. The Kier molecular flexibility index (Phi) is 7.03. The number of thiophene rings is 1. The lowest BCUT2D eigenvalue weighted by Gasteiger charge is -1.99. The van der Waals surface area contributed by atoms with E-state index in [1.54, 1.807) is 11.3 Å². The van der Waals surface area contributed by atoms with Crippen molar-refractivity contribution in [3.05, 3.63) is 54.8 Å². The second kappa shape index (κ2) is 9.03. The minimum atomic E-state index is 0.896. The molecule has 0 aliphatic rings. The van der Waals surface area contributed by atoms with Crippen molar-refractivity contribution < 1.29 is 0 Å². The fourth-order valence-corrected chi connectivity index (χ4v) is 4.03. The largest absolute Gasteiger partial charge is 0.120 e. The minimum Gasteiger partial charge on any atom is -0.120 e. The van der Waals surface area contributed by atoms with Gasteiger partial charge >= 0.3 is 0 Å². The van der Waals surface area contributed by atoms with Crippen molar-refractivity contribution in [3.63, 3.8) is 0 Å². The molecular formula is C20H19IS. The standard InChI is InChI=1S/C20H19IS/c1-3-5-6-7-8-18-15-20(21)22-19(18)14-13-17-11-9-16(4-2)10-12-17/h2,9-12,15H,3,5-8H2,1H3. The Morgan fingerprint density at radius 3 is 2.45 bits per heavy atom. The van der Waals surface area contributed by atoms with Crippen molar-refractivity contribution in [1.82, 2.24) is 0 Å². The molecule has 0 saturated heterocycles. The van der Waals surface area contributed by atoms with E-state index in [-0.39, 0.29) is 0 Å². The number of rotatable bonds is 5. The lowest BCUT2D eigenvalue weighted by atomic mass is 10.1. The highest BCUT2D eigenvalue weighted by atomic mass is 127. The van der Waals surface area contributed by atoms with E-state index >= 15 is 0 Å². The van der Waals surface area contributed by atoms with Gasteiger partial charge in [0.15, 0.2) is 0 Å². The quantitative estimate of drug-likeness (QED) is 0.324. The molecule has 22 heavy (non-hydrogen) atoms. The molecule has 0 N–H and O–H groups in total. The van der Waals surface area contributed by atoms with E-state index in [4.69, 9.17) is 6.42 Å². The molecule has 2 rings (SSSR count). The zero-order valence-corrected chi connectivity index (χ0v) is 15.8. The first-order chi connectivity index (χ1) is 10.7. The molecule has 0 nitrogen and oxygen atoms in total. The summed E-state index contributed by atoms with van der Waals surface area (Å²) in [6.45, 7) is 2.25. The maximum atomic E-state index is 5.37. The fraction of sp³-hybridized carbons (Fsp3) is 0.300. The normalized spacial score (nSPS) is 9.86. The Labute approximate surface area is 151 Å². The molecule has 0 unspecified atom stereocenters. The van der Waals surface area contributed by atoms with Gasteiger partial charge in [0, 0.05) is 11.1 Å². The van der Waals surface area contributed by atoms with Crippen molar-refractivity contribution in [2.45, 2.75) is 39.0 Å². The first-order valence-electron chi connectivity index (χ1n) is 7.60. The van der Waals surface area contributed by atoms with E-state index in [2.05, 4.69) is 53.3 Å². The smallest absolute Gasteiger partial charge is 0.0815 e. The summed E-state index contributed by atoms with van der Waals surface area (Å²) in [6, 6.07) is 10.1. The van der Waals surface area contributed by atoms with E-state index in [0.29, 0.717) is 0 Å². The second-order valence-corrected chi connectivity index (χ2v) is 8.13. The lowest BCUT2D eigenvalue weighted by Crippen LogP contribution is -1.86. The molecule has 0 radical (unpaired) electrons. The van der Waals surface area contributed by atoms with Crippen LogP contribution in [0.25, 0.3) is 0 Å². The summed E-state index contributed by atoms with van der Waals surface area (Å²) in [5, 5.41) is 0. The maximum Gasteiger partial charge on any atom is 0.0815 e. The highest BCUT2D eigenvalue weighted by Crippen LogP contribution is 2.25. The van der Waals surface area contributed by atoms with Gasteiger partial charge in [0.2, 0.25) is 0 Å². The molecule has 2 aromatic rings. The summed E-state index contributed by atoms with van der Waals surface area (Å²) >= 11 is 4.17. The maximum absolute atomic E-state index is 5.37. The summed E-state index contributed by atoms with van der Waals surface area (Å²) in [4.78, 5) is 1.21. The van der Waals surface area contributed by atoms with E-state index in [1.165, 1.54) is 39.0 Å². The molecule has 0 aliphatic heterocycles. The van der Waals surface area contributed by atoms with Crippen molar-refractivity contribution in [2.24, 2.45) is 0 Å². The third-order valence-electron chi connectivity index (χ3n) is 3.45. The van der Waals surface area contributed by atoms with Crippen molar-refractivity contribution in [1.29, 1.82) is 0 Å². The number of hydrogen-bond acceptors (Lipinski definition) is 1. The van der Waals surface area contributed by atoms with Gasteiger partial charge in [-0.2, -0.15) is 0 Å². The van der Waals surface area contributed by atoms with Crippen molar-refractivity contribution >= 4 is 33.9 Å². The highest BCUT2D eigenvalue weighted by molar-refractivity contribution is 14.1. The predicted molar refractivity (Wildman–Crippen MR) is 105 cm³/mol. The van der Waals surface area contributed by atoms with Crippen LogP contribution in [0.3, 0.4) is 0 Å². The Balaban J connectivity index is 2.09. The number of unbranched alkanes of at least 4 members (excludes halogenated alkanes) is 3. The molecular weight excluding hydrogens is 399 g/mol. The van der Waals surface area contributed by atoms with Crippen LogP contribution in [0.2, 0.25) is 0 Å². The van der Waals surface area contributed by atoms with E-state index in [9.17, 15) is 0 Å². The van der Waals surface area contributed by atoms with Crippen molar-refractivity contribution in [3.8, 4) is 24.2 Å². The monoisotopic (exact) mass is 418 g/mol. The van der Waals surface area contributed by atoms with Gasteiger partial charge < -0.3 is 0 Å². The van der Waals surface area contributed by atoms with Gasteiger partial charge in [-0.05, 0) is 71.3 Å². The topological polar surface area (TPSA) is 0 Å². The van der Waals surface area contributed by atoms with Gasteiger partial charge in [0.1, 0.15) is 0 Å².